The van der Waals surface area contributed by atoms with Crippen LogP contribution in [0.2, 0.25) is 5.15 Å². The quantitative estimate of drug-likeness (QED) is 0.901. The van der Waals surface area contributed by atoms with Crippen LogP contribution in [0.3, 0.4) is 0 Å². The summed E-state index contributed by atoms with van der Waals surface area (Å²) in [7, 11) is 0. The topological polar surface area (TPSA) is 37.8 Å². The Morgan fingerprint density at radius 2 is 1.94 bits per heavy atom. The molecule has 3 nitrogen and oxygen atoms in total. The summed E-state index contributed by atoms with van der Waals surface area (Å²) in [4.78, 5) is 0. The number of anilines is 1. The van der Waals surface area contributed by atoms with Gasteiger partial charge in [0.1, 0.15) is 5.82 Å². The smallest absolute Gasteiger partial charge is 0.151 e. The van der Waals surface area contributed by atoms with Crippen molar-refractivity contribution in [3.63, 3.8) is 0 Å². The molecular weight excluding hydrogens is 234 g/mol. The van der Waals surface area contributed by atoms with Gasteiger partial charge in [-0.1, -0.05) is 42.8 Å². The summed E-state index contributed by atoms with van der Waals surface area (Å²) in [6.45, 7) is 2.89. The van der Waals surface area contributed by atoms with E-state index in [0.717, 1.165) is 18.8 Å². The zero-order chi connectivity index (χ0) is 12.1. The van der Waals surface area contributed by atoms with Crippen molar-refractivity contribution in [2.45, 2.75) is 19.9 Å². The number of rotatable bonds is 4. The zero-order valence-electron chi connectivity index (χ0n) is 9.65. The average molecular weight is 248 g/mol. The Hall–Kier alpha value is -1.61. The second kappa shape index (κ2) is 5.64. The molecule has 0 aliphatic rings. The molecule has 0 aliphatic heterocycles. The number of hydrogen-bond donors (Lipinski definition) is 1. The van der Waals surface area contributed by atoms with Gasteiger partial charge in [-0.05, 0) is 29.7 Å². The predicted molar refractivity (Wildman–Crippen MR) is 70.2 cm³/mol. The van der Waals surface area contributed by atoms with Crippen LogP contribution in [0.25, 0.3) is 0 Å². The molecule has 0 bridgehead atoms. The Morgan fingerprint density at radius 1 is 1.12 bits per heavy atom. The Labute approximate surface area is 106 Å². The van der Waals surface area contributed by atoms with Crippen molar-refractivity contribution in [2.24, 2.45) is 0 Å². The minimum atomic E-state index is 0.406. The van der Waals surface area contributed by atoms with E-state index in [9.17, 15) is 0 Å². The van der Waals surface area contributed by atoms with Gasteiger partial charge in [0.05, 0.1) is 0 Å². The number of aromatic nitrogens is 2. The lowest BCUT2D eigenvalue weighted by Gasteiger charge is -2.06. The molecule has 0 unspecified atom stereocenters. The minimum absolute atomic E-state index is 0.406. The molecule has 0 amide bonds. The summed E-state index contributed by atoms with van der Waals surface area (Å²) >= 11 is 5.67. The molecule has 0 saturated carbocycles. The first-order valence-electron chi connectivity index (χ1n) is 5.59. The maximum atomic E-state index is 5.67. The van der Waals surface area contributed by atoms with Crippen LogP contribution < -0.4 is 5.32 Å². The Balaban J connectivity index is 1.99. The molecule has 2 aromatic rings. The highest BCUT2D eigenvalue weighted by molar-refractivity contribution is 6.29. The Kier molecular flexibility index (Phi) is 3.94. The van der Waals surface area contributed by atoms with Crippen LogP contribution in [-0.2, 0) is 13.0 Å². The highest BCUT2D eigenvalue weighted by Gasteiger charge is 1.97. The largest absolute Gasteiger partial charge is 0.365 e. The first kappa shape index (κ1) is 11.9. The maximum Gasteiger partial charge on any atom is 0.151 e. The molecule has 0 aliphatic carbocycles. The van der Waals surface area contributed by atoms with Gasteiger partial charge in [0.2, 0.25) is 0 Å². The lowest BCUT2D eigenvalue weighted by atomic mass is 10.1. The van der Waals surface area contributed by atoms with Crippen molar-refractivity contribution in [3.05, 3.63) is 52.7 Å². The maximum absolute atomic E-state index is 5.67. The van der Waals surface area contributed by atoms with Gasteiger partial charge < -0.3 is 5.32 Å². The van der Waals surface area contributed by atoms with Crippen molar-refractivity contribution >= 4 is 17.4 Å². The lowest BCUT2D eigenvalue weighted by molar-refractivity contribution is 0.997. The first-order valence-corrected chi connectivity index (χ1v) is 5.96. The second-order valence-corrected chi connectivity index (χ2v) is 4.16. The van der Waals surface area contributed by atoms with Gasteiger partial charge in [-0.3, -0.25) is 0 Å². The molecule has 0 spiro atoms. The fraction of sp³-hybridized carbons (Fsp3) is 0.231. The van der Waals surface area contributed by atoms with E-state index in [2.05, 4.69) is 46.7 Å². The van der Waals surface area contributed by atoms with Crippen molar-refractivity contribution in [2.75, 3.05) is 5.32 Å². The van der Waals surface area contributed by atoms with Crippen molar-refractivity contribution in [1.82, 2.24) is 10.2 Å². The Morgan fingerprint density at radius 3 is 2.65 bits per heavy atom. The van der Waals surface area contributed by atoms with Gasteiger partial charge in [0.15, 0.2) is 5.15 Å². The number of benzene rings is 1. The third kappa shape index (κ3) is 3.43. The number of hydrogen-bond acceptors (Lipinski definition) is 3. The molecule has 4 heteroatoms. The van der Waals surface area contributed by atoms with Crippen molar-refractivity contribution < 1.29 is 0 Å². The number of nitrogens with one attached hydrogen (secondary N) is 1. The summed E-state index contributed by atoms with van der Waals surface area (Å²) in [5, 5.41) is 11.3. The molecular formula is C13H14ClN3. The standard InChI is InChI=1S/C13H14ClN3/c1-2-10-4-3-5-11(8-10)9-15-13-7-6-12(14)16-17-13/h3-8H,2,9H2,1H3,(H,15,17). The van der Waals surface area contributed by atoms with E-state index in [1.54, 1.807) is 6.07 Å². The summed E-state index contributed by atoms with van der Waals surface area (Å²) in [5.41, 5.74) is 2.58. The van der Waals surface area contributed by atoms with Gasteiger partial charge in [-0.2, -0.15) is 0 Å². The van der Waals surface area contributed by atoms with Gasteiger partial charge in [-0.15, -0.1) is 10.2 Å². The van der Waals surface area contributed by atoms with Crippen LogP contribution in [0, 0.1) is 0 Å². The molecule has 0 radical (unpaired) electrons. The number of aryl methyl sites for hydroxylation is 1. The summed E-state index contributed by atoms with van der Waals surface area (Å²) in [5.74, 6) is 0.733. The van der Waals surface area contributed by atoms with E-state index in [1.165, 1.54) is 11.1 Å². The van der Waals surface area contributed by atoms with Gasteiger partial charge in [0, 0.05) is 6.54 Å². The van der Waals surface area contributed by atoms with E-state index < -0.39 is 0 Å². The molecule has 0 fully saturated rings. The SMILES string of the molecule is CCc1cccc(CNc2ccc(Cl)nn2)c1. The molecule has 1 aromatic carbocycles. The number of nitrogens with zero attached hydrogens (tertiary/aromatic N) is 2. The molecule has 17 heavy (non-hydrogen) atoms. The van der Waals surface area contributed by atoms with Gasteiger partial charge in [-0.25, -0.2) is 0 Å². The van der Waals surface area contributed by atoms with Crippen LogP contribution in [0.1, 0.15) is 18.1 Å². The normalized spacial score (nSPS) is 10.2. The van der Waals surface area contributed by atoms with E-state index in [-0.39, 0.29) is 0 Å². The summed E-state index contributed by atoms with van der Waals surface area (Å²) in [6.07, 6.45) is 1.05. The van der Waals surface area contributed by atoms with Gasteiger partial charge >= 0.3 is 0 Å². The molecule has 1 N–H and O–H groups in total. The van der Waals surface area contributed by atoms with Crippen LogP contribution in [0.5, 0.6) is 0 Å². The fourth-order valence-electron chi connectivity index (χ4n) is 1.56. The van der Waals surface area contributed by atoms with Crippen molar-refractivity contribution in [1.29, 1.82) is 0 Å². The van der Waals surface area contributed by atoms with Crippen LogP contribution in [-0.4, -0.2) is 10.2 Å². The molecule has 2 rings (SSSR count). The van der Waals surface area contributed by atoms with Crippen LogP contribution in [0.4, 0.5) is 5.82 Å². The highest BCUT2D eigenvalue weighted by atomic mass is 35.5. The third-order valence-corrected chi connectivity index (χ3v) is 2.71. The second-order valence-electron chi connectivity index (χ2n) is 3.77. The summed E-state index contributed by atoms with van der Waals surface area (Å²) in [6, 6.07) is 12.0. The molecule has 88 valence electrons. The molecule has 0 saturated heterocycles. The highest BCUT2D eigenvalue weighted by Crippen LogP contribution is 2.10. The monoisotopic (exact) mass is 247 g/mol. The van der Waals surface area contributed by atoms with Crippen LogP contribution >= 0.6 is 11.6 Å². The van der Waals surface area contributed by atoms with Gasteiger partial charge in [0.25, 0.3) is 0 Å². The average Bonchev–Trinajstić information content (AvgIpc) is 2.38. The van der Waals surface area contributed by atoms with Crippen molar-refractivity contribution in [3.8, 4) is 0 Å². The molecule has 0 atom stereocenters. The molecule has 1 aromatic heterocycles. The lowest BCUT2D eigenvalue weighted by Crippen LogP contribution is -2.02. The van der Waals surface area contributed by atoms with E-state index in [1.807, 2.05) is 6.07 Å². The van der Waals surface area contributed by atoms with E-state index in [0.29, 0.717) is 5.15 Å². The Bertz CT molecular complexity index is 482. The zero-order valence-corrected chi connectivity index (χ0v) is 10.4. The third-order valence-electron chi connectivity index (χ3n) is 2.51. The molecule has 1 heterocycles. The van der Waals surface area contributed by atoms with Crippen LogP contribution in [0.15, 0.2) is 36.4 Å². The summed E-state index contributed by atoms with van der Waals surface area (Å²) < 4.78 is 0. The first-order chi connectivity index (χ1) is 8.28. The minimum Gasteiger partial charge on any atom is -0.365 e. The fourth-order valence-corrected chi connectivity index (χ4v) is 1.66. The van der Waals surface area contributed by atoms with E-state index in [4.69, 9.17) is 11.6 Å². The van der Waals surface area contributed by atoms with E-state index >= 15 is 0 Å². The predicted octanol–water partition coefficient (Wildman–Crippen LogP) is 3.30. The number of halogens is 1.